The first-order valence-electron chi connectivity index (χ1n) is 27.5. The predicted octanol–water partition coefficient (Wildman–Crippen LogP) is 3.35. The van der Waals surface area contributed by atoms with E-state index in [1.54, 1.807) is 78.9 Å². The van der Waals surface area contributed by atoms with Gasteiger partial charge in [-0.25, -0.2) is 4.79 Å². The van der Waals surface area contributed by atoms with Crippen LogP contribution in [0, 0.1) is 29.6 Å². The Hall–Kier alpha value is -5.63. The second kappa shape index (κ2) is 29.2. The number of carbonyl (C=O) groups excluding carboxylic acids is 8. The van der Waals surface area contributed by atoms with Gasteiger partial charge in [-0.3, -0.25) is 38.4 Å². The maximum Gasteiger partial charge on any atom is 0.326 e. The van der Waals surface area contributed by atoms with Crippen LogP contribution in [0.15, 0.2) is 30.3 Å². The molecule has 11 unspecified atom stereocenters. The molecule has 2 aliphatic heterocycles. The van der Waals surface area contributed by atoms with Gasteiger partial charge in [0.05, 0.1) is 5.60 Å². The van der Waals surface area contributed by atoms with E-state index in [0.29, 0.717) is 31.2 Å². The van der Waals surface area contributed by atoms with Crippen molar-refractivity contribution in [2.45, 2.75) is 194 Å². The van der Waals surface area contributed by atoms with Gasteiger partial charge in [-0.15, -0.1) is 0 Å². The molecule has 1 aromatic rings. The highest BCUT2D eigenvalue weighted by atomic mass is 16.5. The van der Waals surface area contributed by atoms with Crippen molar-refractivity contribution in [2.24, 2.45) is 29.6 Å². The van der Waals surface area contributed by atoms with Crippen molar-refractivity contribution in [1.82, 2.24) is 46.2 Å². The predicted molar refractivity (Wildman–Crippen MR) is 290 cm³/mol. The quantitative estimate of drug-likeness (QED) is 0.176. The SMILES string of the molecule is CCC(C)C1NC(=O)C(C(C)C)N(C)C(=O)C(CC(C)C)NC(=O)C(NC)C(C)(C)OC(C(C)CC)C(=O)N(C)C(C(C)C)C(=O)NC(Cc2ccccc2)C(=O)N(C)C(C(=O)O)CCCNC(=O)C2CCCN2C1=O. The molecule has 0 aromatic heterocycles. The van der Waals surface area contributed by atoms with E-state index in [4.69, 9.17) is 4.74 Å². The van der Waals surface area contributed by atoms with Crippen molar-refractivity contribution in [1.29, 1.82) is 0 Å². The van der Waals surface area contributed by atoms with Crippen LogP contribution in [0.3, 0.4) is 0 Å². The molecule has 1 aromatic carbocycles. The zero-order valence-corrected chi connectivity index (χ0v) is 48.4. The summed E-state index contributed by atoms with van der Waals surface area (Å²) in [6.07, 6.45) is 0.933. The number of hydrogen-bond acceptors (Lipinski definition) is 11. The summed E-state index contributed by atoms with van der Waals surface area (Å²) < 4.78 is 6.71. The van der Waals surface area contributed by atoms with Crippen LogP contribution in [0.2, 0.25) is 0 Å². The molecule has 3 rings (SSSR count). The number of nitrogens with one attached hydrogen (secondary N) is 5. The average Bonchev–Trinajstić information content (AvgIpc) is 3.85. The van der Waals surface area contributed by atoms with E-state index in [2.05, 4.69) is 26.6 Å². The summed E-state index contributed by atoms with van der Waals surface area (Å²) in [7, 11) is 5.90. The summed E-state index contributed by atoms with van der Waals surface area (Å²) in [5.74, 6) is -7.64. The molecule has 2 saturated heterocycles. The molecular formula is C56H93N9O11. The molecule has 2 fully saturated rings. The Bertz CT molecular complexity index is 2160. The lowest BCUT2D eigenvalue weighted by Crippen LogP contribution is -2.63. The molecule has 0 bridgehead atoms. The Morgan fingerprint density at radius 1 is 0.697 bits per heavy atom. The van der Waals surface area contributed by atoms with Gasteiger partial charge in [-0.2, -0.15) is 0 Å². The number of carbonyl (C=O) groups is 9. The van der Waals surface area contributed by atoms with Crippen molar-refractivity contribution >= 4 is 53.2 Å². The monoisotopic (exact) mass is 1070 g/mol. The zero-order chi connectivity index (χ0) is 57.5. The number of carboxylic acid groups (broad SMARTS) is 1. The molecule has 428 valence electrons. The van der Waals surface area contributed by atoms with Crippen molar-refractivity contribution in [3.8, 4) is 0 Å². The maximum atomic E-state index is 14.9. The lowest BCUT2D eigenvalue weighted by Gasteiger charge is -2.41. The van der Waals surface area contributed by atoms with Crippen molar-refractivity contribution in [3.63, 3.8) is 0 Å². The molecule has 8 amide bonds. The number of benzene rings is 1. The van der Waals surface area contributed by atoms with Crippen LogP contribution in [0.1, 0.15) is 134 Å². The summed E-state index contributed by atoms with van der Waals surface area (Å²) in [4.78, 5) is 134. The molecule has 20 heteroatoms. The molecule has 6 N–H and O–H groups in total. The minimum Gasteiger partial charge on any atom is -0.480 e. The van der Waals surface area contributed by atoms with Gasteiger partial charge in [-0.1, -0.05) is 112 Å². The fourth-order valence-electron chi connectivity index (χ4n) is 10.6. The first kappa shape index (κ1) is 64.7. The molecule has 0 aliphatic carbocycles. The fraction of sp³-hybridized carbons (Fsp3) is 0.732. The molecule has 2 heterocycles. The van der Waals surface area contributed by atoms with Crippen LogP contribution in [0.25, 0.3) is 0 Å². The fourth-order valence-corrected chi connectivity index (χ4v) is 10.6. The number of carboxylic acids is 1. The smallest absolute Gasteiger partial charge is 0.326 e. The largest absolute Gasteiger partial charge is 0.480 e. The van der Waals surface area contributed by atoms with E-state index in [9.17, 15) is 48.3 Å². The van der Waals surface area contributed by atoms with E-state index >= 15 is 0 Å². The third kappa shape index (κ3) is 16.7. The topological polar surface area (TPSA) is 256 Å². The third-order valence-corrected chi connectivity index (χ3v) is 15.3. The first-order valence-corrected chi connectivity index (χ1v) is 27.5. The minimum absolute atomic E-state index is 0.00269. The molecule has 0 radical (unpaired) electrons. The van der Waals surface area contributed by atoms with E-state index in [-0.39, 0.29) is 50.6 Å². The van der Waals surface area contributed by atoms with Crippen LogP contribution in [0.5, 0.6) is 0 Å². The summed E-state index contributed by atoms with van der Waals surface area (Å²) in [6.45, 7) is 21.9. The highest BCUT2D eigenvalue weighted by Crippen LogP contribution is 2.28. The zero-order valence-electron chi connectivity index (χ0n) is 48.4. The van der Waals surface area contributed by atoms with Gasteiger partial charge < -0.3 is 56.0 Å². The Labute approximate surface area is 452 Å². The highest BCUT2D eigenvalue weighted by Gasteiger charge is 2.46. The summed E-state index contributed by atoms with van der Waals surface area (Å²) >= 11 is 0. The number of amides is 8. The number of hydrogen-bond donors (Lipinski definition) is 6. The normalized spacial score (nSPS) is 28.0. The van der Waals surface area contributed by atoms with E-state index < -0.39 is 131 Å². The minimum atomic E-state index is -1.43. The Kier molecular flexibility index (Phi) is 24.8. The van der Waals surface area contributed by atoms with E-state index in [1.807, 2.05) is 41.5 Å². The van der Waals surface area contributed by atoms with Crippen LogP contribution >= 0.6 is 0 Å². The van der Waals surface area contributed by atoms with Crippen molar-refractivity contribution < 1.29 is 53.0 Å². The number of fused-ring (bicyclic) bond motifs is 1. The van der Waals surface area contributed by atoms with Gasteiger partial charge in [0.15, 0.2) is 0 Å². The number of nitrogens with zero attached hydrogens (tertiary/aromatic N) is 4. The number of ether oxygens (including phenoxy) is 1. The number of rotatable bonds is 12. The van der Waals surface area contributed by atoms with Crippen molar-refractivity contribution in [2.75, 3.05) is 41.3 Å². The van der Waals surface area contributed by atoms with Gasteiger partial charge in [0.2, 0.25) is 41.4 Å². The second-order valence-electron chi connectivity index (χ2n) is 22.8. The average molecular weight is 1070 g/mol. The molecular weight excluding hydrogens is 975 g/mol. The lowest BCUT2D eigenvalue weighted by molar-refractivity contribution is -0.170. The van der Waals surface area contributed by atoms with E-state index in [0.717, 1.165) is 4.90 Å². The summed E-state index contributed by atoms with van der Waals surface area (Å²) in [5.41, 5.74) is -0.742. The molecule has 20 nitrogen and oxygen atoms in total. The summed E-state index contributed by atoms with van der Waals surface area (Å²) in [5, 5.41) is 25.2. The van der Waals surface area contributed by atoms with Gasteiger partial charge in [0.1, 0.15) is 54.4 Å². The van der Waals surface area contributed by atoms with Crippen LogP contribution < -0.4 is 26.6 Å². The van der Waals surface area contributed by atoms with Gasteiger partial charge in [0.25, 0.3) is 5.91 Å². The van der Waals surface area contributed by atoms with Gasteiger partial charge in [0, 0.05) is 40.7 Å². The number of likely N-dealkylation sites (N-methyl/N-ethyl adjacent to an activating group) is 4. The second-order valence-corrected chi connectivity index (χ2v) is 22.8. The third-order valence-electron chi connectivity index (χ3n) is 15.3. The Morgan fingerprint density at radius 3 is 1.76 bits per heavy atom. The molecule has 11 atom stereocenters. The lowest BCUT2D eigenvalue weighted by atomic mass is 9.92. The van der Waals surface area contributed by atoms with Crippen LogP contribution in [0.4, 0.5) is 0 Å². The molecule has 76 heavy (non-hydrogen) atoms. The van der Waals surface area contributed by atoms with E-state index in [1.165, 1.54) is 35.8 Å². The molecule has 2 aliphatic rings. The van der Waals surface area contributed by atoms with Crippen molar-refractivity contribution in [3.05, 3.63) is 35.9 Å². The number of aliphatic carboxylic acids is 1. The first-order chi connectivity index (χ1) is 35.6. The maximum absolute atomic E-state index is 14.9. The molecule has 0 saturated carbocycles. The van der Waals surface area contributed by atoms with Crippen LogP contribution in [-0.2, 0) is 54.3 Å². The van der Waals surface area contributed by atoms with Crippen LogP contribution in [-0.4, -0.2) is 179 Å². The van der Waals surface area contributed by atoms with Gasteiger partial charge >= 0.3 is 5.97 Å². The standard InChI is InChI=1S/C56H93N9O11/c1-17-35(9)42-53(72)65-29-23-27-40(65)47(66)58-28-22-26-41(55(74)75)62(14)51(70)39(31-37-24-20-19-21-25-37)59-48(67)43(33(5)6)64(16)54(73)45(36(10)18-2)76-56(11,12)46(57-13)50(69)60-38(30-32(3)4)52(71)63(15)44(34(7)8)49(68)61-42/h19-21,24-25,32-36,38-46,57H,17-18,22-23,26-31H2,1-16H3,(H,58,66)(H,59,67)(H,60,69)(H,61,68)(H,74,75). The molecule has 0 spiro atoms. The Balaban J connectivity index is 2.21. The van der Waals surface area contributed by atoms with Gasteiger partial charge in [-0.05, 0) is 88.2 Å². The summed E-state index contributed by atoms with van der Waals surface area (Å²) in [6, 6.07) is -0.0902. The highest BCUT2D eigenvalue weighted by molar-refractivity contribution is 5.97. The Morgan fingerprint density at radius 2 is 1.24 bits per heavy atom.